The maximum atomic E-state index is 12.5. The molecule has 3 nitrogen and oxygen atoms in total. The quantitative estimate of drug-likeness (QED) is 0.545. The normalized spacial score (nSPS) is 13.1. The van der Waals surface area contributed by atoms with Crippen LogP contribution in [-0.2, 0) is 11.2 Å². The first-order chi connectivity index (χ1) is 13.6. The van der Waals surface area contributed by atoms with Crippen molar-refractivity contribution in [2.24, 2.45) is 0 Å². The van der Waals surface area contributed by atoms with Gasteiger partial charge in [-0.2, -0.15) is 0 Å². The molecule has 28 heavy (non-hydrogen) atoms. The highest BCUT2D eigenvalue weighted by atomic mass is 32.1. The van der Waals surface area contributed by atoms with Crippen LogP contribution in [0.2, 0.25) is 0 Å². The standard InChI is InChI=1S/C24H28N2OS/c1-18-10-14-21(15-11-18)24(22-9-6-16-28-22)25-17-23(27)26-19(2)12-13-20-7-4-3-5-8-20/h3-11,14-16,19,24-25H,12-13,17H2,1-2H3,(H,26,27)/t19-,24-/m1/s1. The van der Waals surface area contributed by atoms with Crippen LogP contribution in [0.3, 0.4) is 0 Å². The number of carbonyl (C=O) groups is 1. The molecule has 2 N–H and O–H groups in total. The Morgan fingerprint density at radius 2 is 1.75 bits per heavy atom. The van der Waals surface area contributed by atoms with Gasteiger partial charge < -0.3 is 5.32 Å². The largest absolute Gasteiger partial charge is 0.353 e. The minimum atomic E-state index is 0.0333. The average Bonchev–Trinajstić information content (AvgIpc) is 3.23. The van der Waals surface area contributed by atoms with Crippen LogP contribution < -0.4 is 10.6 Å². The van der Waals surface area contributed by atoms with Gasteiger partial charge in [0.2, 0.25) is 5.91 Å². The van der Waals surface area contributed by atoms with Gasteiger partial charge in [-0.15, -0.1) is 11.3 Å². The van der Waals surface area contributed by atoms with Crippen molar-refractivity contribution in [2.45, 2.75) is 38.8 Å². The molecule has 0 saturated heterocycles. The van der Waals surface area contributed by atoms with Crippen LogP contribution in [0.15, 0.2) is 72.1 Å². The van der Waals surface area contributed by atoms with Crippen LogP contribution in [0.5, 0.6) is 0 Å². The molecular weight excluding hydrogens is 364 g/mol. The molecular formula is C24H28N2OS. The van der Waals surface area contributed by atoms with Crippen LogP contribution in [0.4, 0.5) is 0 Å². The molecule has 0 aliphatic carbocycles. The van der Waals surface area contributed by atoms with Gasteiger partial charge in [0.15, 0.2) is 0 Å². The van der Waals surface area contributed by atoms with Crippen molar-refractivity contribution in [3.63, 3.8) is 0 Å². The second kappa shape index (κ2) is 10.2. The van der Waals surface area contributed by atoms with E-state index in [4.69, 9.17) is 0 Å². The molecule has 146 valence electrons. The Bertz CT molecular complexity index is 844. The van der Waals surface area contributed by atoms with Gasteiger partial charge in [0.1, 0.15) is 0 Å². The highest BCUT2D eigenvalue weighted by Gasteiger charge is 2.16. The Morgan fingerprint density at radius 3 is 2.43 bits per heavy atom. The lowest BCUT2D eigenvalue weighted by molar-refractivity contribution is -0.120. The lowest BCUT2D eigenvalue weighted by Crippen LogP contribution is -2.40. The first-order valence-electron chi connectivity index (χ1n) is 9.78. The van der Waals surface area contributed by atoms with E-state index in [9.17, 15) is 4.79 Å². The summed E-state index contributed by atoms with van der Waals surface area (Å²) in [5, 5.41) is 8.62. The Kier molecular flexibility index (Phi) is 7.40. The minimum Gasteiger partial charge on any atom is -0.353 e. The van der Waals surface area contributed by atoms with E-state index < -0.39 is 0 Å². The Hall–Kier alpha value is -2.43. The van der Waals surface area contributed by atoms with Crippen molar-refractivity contribution in [2.75, 3.05) is 6.54 Å². The van der Waals surface area contributed by atoms with Gasteiger partial charge in [-0.3, -0.25) is 10.1 Å². The van der Waals surface area contributed by atoms with E-state index in [-0.39, 0.29) is 18.0 Å². The van der Waals surface area contributed by atoms with Crippen molar-refractivity contribution in [1.29, 1.82) is 0 Å². The fraction of sp³-hybridized carbons (Fsp3) is 0.292. The number of thiophene rings is 1. The summed E-state index contributed by atoms with van der Waals surface area (Å²) in [6.45, 7) is 4.45. The van der Waals surface area contributed by atoms with Gasteiger partial charge in [-0.1, -0.05) is 66.2 Å². The molecule has 1 amide bonds. The topological polar surface area (TPSA) is 41.1 Å². The SMILES string of the molecule is Cc1ccc([C@@H](NCC(=O)N[C@H](C)CCc2ccccc2)c2cccs2)cc1. The van der Waals surface area contributed by atoms with E-state index in [1.54, 1.807) is 11.3 Å². The summed E-state index contributed by atoms with van der Waals surface area (Å²) in [6.07, 6.45) is 1.90. The average molecular weight is 393 g/mol. The number of aryl methyl sites for hydroxylation is 2. The molecule has 0 aliphatic heterocycles. The van der Waals surface area contributed by atoms with E-state index in [0.717, 1.165) is 12.8 Å². The number of carbonyl (C=O) groups excluding carboxylic acids is 1. The highest BCUT2D eigenvalue weighted by molar-refractivity contribution is 7.10. The highest BCUT2D eigenvalue weighted by Crippen LogP contribution is 2.26. The number of hydrogen-bond donors (Lipinski definition) is 2. The third-order valence-electron chi connectivity index (χ3n) is 4.82. The van der Waals surface area contributed by atoms with Gasteiger partial charge in [0.05, 0.1) is 12.6 Å². The zero-order chi connectivity index (χ0) is 19.8. The van der Waals surface area contributed by atoms with E-state index in [1.165, 1.54) is 21.6 Å². The summed E-state index contributed by atoms with van der Waals surface area (Å²) in [6, 6.07) is 23.2. The third kappa shape index (κ3) is 6.04. The predicted molar refractivity (Wildman–Crippen MR) is 118 cm³/mol. The zero-order valence-corrected chi connectivity index (χ0v) is 17.3. The molecule has 4 heteroatoms. The number of rotatable bonds is 9. The van der Waals surface area contributed by atoms with Crippen molar-refractivity contribution in [1.82, 2.24) is 10.6 Å². The van der Waals surface area contributed by atoms with E-state index in [2.05, 4.69) is 90.5 Å². The van der Waals surface area contributed by atoms with Crippen LogP contribution in [0.25, 0.3) is 0 Å². The maximum Gasteiger partial charge on any atom is 0.234 e. The second-order valence-electron chi connectivity index (χ2n) is 7.23. The summed E-state index contributed by atoms with van der Waals surface area (Å²) < 4.78 is 0. The predicted octanol–water partition coefficient (Wildman–Crippen LogP) is 4.87. The van der Waals surface area contributed by atoms with E-state index in [0.29, 0.717) is 6.54 Å². The fourth-order valence-corrected chi connectivity index (χ4v) is 4.04. The first-order valence-corrected chi connectivity index (χ1v) is 10.7. The van der Waals surface area contributed by atoms with Gasteiger partial charge in [-0.05, 0) is 49.3 Å². The molecule has 0 radical (unpaired) electrons. The molecule has 1 aromatic heterocycles. The van der Waals surface area contributed by atoms with E-state index >= 15 is 0 Å². The van der Waals surface area contributed by atoms with Crippen LogP contribution in [0, 0.1) is 6.92 Å². The lowest BCUT2D eigenvalue weighted by Gasteiger charge is -2.19. The zero-order valence-electron chi connectivity index (χ0n) is 16.5. The van der Waals surface area contributed by atoms with Crippen LogP contribution in [-0.4, -0.2) is 18.5 Å². The van der Waals surface area contributed by atoms with Gasteiger partial charge in [0.25, 0.3) is 0 Å². The third-order valence-corrected chi connectivity index (χ3v) is 5.76. The molecule has 0 spiro atoms. The second-order valence-corrected chi connectivity index (χ2v) is 8.21. The Morgan fingerprint density at radius 1 is 1.00 bits per heavy atom. The van der Waals surface area contributed by atoms with Crippen molar-refractivity contribution in [3.05, 3.63) is 93.7 Å². The molecule has 3 aromatic rings. The van der Waals surface area contributed by atoms with Gasteiger partial charge >= 0.3 is 0 Å². The Balaban J connectivity index is 1.52. The summed E-state index contributed by atoms with van der Waals surface area (Å²) in [7, 11) is 0. The fourth-order valence-electron chi connectivity index (χ4n) is 3.22. The minimum absolute atomic E-state index is 0.0333. The number of benzene rings is 2. The summed E-state index contributed by atoms with van der Waals surface area (Å²) >= 11 is 1.71. The smallest absolute Gasteiger partial charge is 0.234 e. The number of nitrogens with one attached hydrogen (secondary N) is 2. The van der Waals surface area contributed by atoms with Gasteiger partial charge in [-0.25, -0.2) is 0 Å². The Labute approximate surface area is 171 Å². The molecule has 2 aromatic carbocycles. The van der Waals surface area contributed by atoms with E-state index in [1.807, 2.05) is 6.07 Å². The van der Waals surface area contributed by atoms with Crippen molar-refractivity contribution < 1.29 is 4.79 Å². The molecule has 2 atom stereocenters. The number of amides is 1. The molecule has 0 unspecified atom stereocenters. The van der Waals surface area contributed by atoms with Crippen LogP contribution >= 0.6 is 11.3 Å². The monoisotopic (exact) mass is 392 g/mol. The van der Waals surface area contributed by atoms with Crippen molar-refractivity contribution in [3.8, 4) is 0 Å². The summed E-state index contributed by atoms with van der Waals surface area (Å²) in [5.41, 5.74) is 3.72. The lowest BCUT2D eigenvalue weighted by atomic mass is 10.0. The summed E-state index contributed by atoms with van der Waals surface area (Å²) in [5.74, 6) is 0.0363. The molecule has 0 fully saturated rings. The van der Waals surface area contributed by atoms with Crippen LogP contribution in [0.1, 0.15) is 41.0 Å². The molecule has 1 heterocycles. The van der Waals surface area contributed by atoms with Crippen molar-refractivity contribution >= 4 is 17.2 Å². The molecule has 0 saturated carbocycles. The van der Waals surface area contributed by atoms with Gasteiger partial charge in [0, 0.05) is 10.9 Å². The molecule has 0 bridgehead atoms. The summed E-state index contributed by atoms with van der Waals surface area (Å²) in [4.78, 5) is 13.7. The molecule has 0 aliphatic rings. The molecule has 3 rings (SSSR count). The number of hydrogen-bond acceptors (Lipinski definition) is 3. The maximum absolute atomic E-state index is 12.5. The first kappa shape index (κ1) is 20.3.